The lowest BCUT2D eigenvalue weighted by atomic mass is 10.3. The highest BCUT2D eigenvalue weighted by molar-refractivity contribution is 5.74. The standard InChI is InChI=1S/C12H20N6O3/c1-2-16-3-5-17(6-4-16)12(21)13-7-10-8-18(15-14-10)9-11(19)20/h8H,2-7,9H2,1H3,(H,13,21)(H,19,20). The van der Waals surface area contributed by atoms with Crippen LogP contribution in [0, 0.1) is 0 Å². The highest BCUT2D eigenvalue weighted by atomic mass is 16.4. The summed E-state index contributed by atoms with van der Waals surface area (Å²) >= 11 is 0. The quantitative estimate of drug-likeness (QED) is 0.738. The Bertz CT molecular complexity index is 495. The molecule has 0 saturated carbocycles. The Balaban J connectivity index is 1.76. The largest absolute Gasteiger partial charge is 0.480 e. The monoisotopic (exact) mass is 296 g/mol. The molecule has 1 aliphatic heterocycles. The molecule has 0 spiro atoms. The van der Waals surface area contributed by atoms with Crippen molar-refractivity contribution >= 4 is 12.0 Å². The highest BCUT2D eigenvalue weighted by Crippen LogP contribution is 2.02. The van der Waals surface area contributed by atoms with Gasteiger partial charge in [-0.3, -0.25) is 4.79 Å². The molecule has 2 N–H and O–H groups in total. The van der Waals surface area contributed by atoms with Crippen molar-refractivity contribution in [3.63, 3.8) is 0 Å². The van der Waals surface area contributed by atoms with E-state index in [2.05, 4.69) is 27.5 Å². The smallest absolute Gasteiger partial charge is 0.325 e. The van der Waals surface area contributed by atoms with Crippen LogP contribution < -0.4 is 5.32 Å². The number of hydrogen-bond donors (Lipinski definition) is 2. The maximum atomic E-state index is 12.0. The van der Waals surface area contributed by atoms with Crippen LogP contribution in [0.3, 0.4) is 0 Å². The van der Waals surface area contributed by atoms with Crippen LogP contribution in [0.1, 0.15) is 12.6 Å². The molecular weight excluding hydrogens is 276 g/mol. The summed E-state index contributed by atoms with van der Waals surface area (Å²) in [6.45, 7) is 6.32. The number of carbonyl (C=O) groups is 2. The summed E-state index contributed by atoms with van der Waals surface area (Å²) in [5, 5.41) is 18.9. The second-order valence-electron chi connectivity index (χ2n) is 4.88. The number of carboxylic acid groups (broad SMARTS) is 1. The van der Waals surface area contributed by atoms with Gasteiger partial charge < -0.3 is 20.2 Å². The van der Waals surface area contributed by atoms with Gasteiger partial charge in [-0.1, -0.05) is 12.1 Å². The number of nitrogens with one attached hydrogen (secondary N) is 1. The van der Waals surface area contributed by atoms with Gasteiger partial charge >= 0.3 is 12.0 Å². The first-order valence-corrected chi connectivity index (χ1v) is 6.94. The van der Waals surface area contributed by atoms with E-state index < -0.39 is 5.97 Å². The molecule has 2 heterocycles. The first kappa shape index (κ1) is 15.2. The van der Waals surface area contributed by atoms with Crippen molar-refractivity contribution in [2.24, 2.45) is 0 Å². The molecule has 0 radical (unpaired) electrons. The fourth-order valence-corrected chi connectivity index (χ4v) is 2.18. The molecule has 1 aliphatic rings. The highest BCUT2D eigenvalue weighted by Gasteiger charge is 2.19. The van der Waals surface area contributed by atoms with Gasteiger partial charge in [0.15, 0.2) is 0 Å². The van der Waals surface area contributed by atoms with E-state index in [1.807, 2.05) is 0 Å². The molecule has 0 bridgehead atoms. The Hall–Kier alpha value is -2.16. The number of carboxylic acids is 1. The zero-order chi connectivity index (χ0) is 15.2. The predicted octanol–water partition coefficient (Wildman–Crippen LogP) is -0.790. The molecule has 0 aromatic carbocycles. The fourth-order valence-electron chi connectivity index (χ4n) is 2.18. The second kappa shape index (κ2) is 7.02. The van der Waals surface area contributed by atoms with E-state index in [9.17, 15) is 9.59 Å². The van der Waals surface area contributed by atoms with Crippen molar-refractivity contribution < 1.29 is 14.7 Å². The maximum Gasteiger partial charge on any atom is 0.325 e. The van der Waals surface area contributed by atoms with Crippen molar-refractivity contribution in [3.05, 3.63) is 11.9 Å². The first-order valence-electron chi connectivity index (χ1n) is 6.94. The Morgan fingerprint density at radius 1 is 1.33 bits per heavy atom. The van der Waals surface area contributed by atoms with Crippen molar-refractivity contribution in [1.82, 2.24) is 30.1 Å². The van der Waals surface area contributed by atoms with E-state index in [1.165, 1.54) is 10.9 Å². The number of nitrogens with zero attached hydrogens (tertiary/aromatic N) is 5. The van der Waals surface area contributed by atoms with Crippen molar-refractivity contribution in [2.75, 3.05) is 32.7 Å². The van der Waals surface area contributed by atoms with E-state index in [4.69, 9.17) is 5.11 Å². The van der Waals surface area contributed by atoms with Crippen LogP contribution >= 0.6 is 0 Å². The van der Waals surface area contributed by atoms with Crippen LogP contribution in [0.5, 0.6) is 0 Å². The summed E-state index contributed by atoms with van der Waals surface area (Å²) in [7, 11) is 0. The topological polar surface area (TPSA) is 104 Å². The normalized spacial score (nSPS) is 16.0. The van der Waals surface area contributed by atoms with Gasteiger partial charge in [0.25, 0.3) is 0 Å². The molecule has 0 aliphatic carbocycles. The van der Waals surface area contributed by atoms with E-state index >= 15 is 0 Å². The number of amides is 2. The molecular formula is C12H20N6O3. The molecule has 21 heavy (non-hydrogen) atoms. The molecule has 2 amide bonds. The number of aromatic nitrogens is 3. The summed E-state index contributed by atoms with van der Waals surface area (Å²) in [6, 6.07) is -0.126. The SMILES string of the molecule is CCN1CCN(C(=O)NCc2cn(CC(=O)O)nn2)CC1. The predicted molar refractivity (Wildman–Crippen MR) is 73.6 cm³/mol. The molecule has 1 aromatic rings. The Morgan fingerprint density at radius 2 is 2.05 bits per heavy atom. The maximum absolute atomic E-state index is 12.0. The molecule has 1 fully saturated rings. The average molecular weight is 296 g/mol. The van der Waals surface area contributed by atoms with Gasteiger partial charge in [-0.25, -0.2) is 9.48 Å². The molecule has 116 valence electrons. The molecule has 9 nitrogen and oxygen atoms in total. The van der Waals surface area contributed by atoms with Crippen LogP contribution in [0.4, 0.5) is 4.79 Å². The van der Waals surface area contributed by atoms with Crippen LogP contribution in [-0.2, 0) is 17.9 Å². The summed E-state index contributed by atoms with van der Waals surface area (Å²) < 4.78 is 1.23. The number of rotatable bonds is 5. The molecule has 9 heteroatoms. The minimum Gasteiger partial charge on any atom is -0.480 e. The van der Waals surface area contributed by atoms with E-state index in [-0.39, 0.29) is 19.1 Å². The van der Waals surface area contributed by atoms with Gasteiger partial charge in [0, 0.05) is 26.2 Å². The van der Waals surface area contributed by atoms with Crippen LogP contribution in [0.2, 0.25) is 0 Å². The van der Waals surface area contributed by atoms with Gasteiger partial charge in [-0.2, -0.15) is 0 Å². The van der Waals surface area contributed by atoms with Gasteiger partial charge in [-0.15, -0.1) is 5.10 Å². The molecule has 1 saturated heterocycles. The van der Waals surface area contributed by atoms with Gasteiger partial charge in [-0.05, 0) is 6.54 Å². The summed E-state index contributed by atoms with van der Waals surface area (Å²) in [5.74, 6) is -0.982. The van der Waals surface area contributed by atoms with E-state index in [0.29, 0.717) is 18.8 Å². The summed E-state index contributed by atoms with van der Waals surface area (Å²) in [6.07, 6.45) is 1.52. The Kier molecular flexibility index (Phi) is 5.09. The van der Waals surface area contributed by atoms with E-state index in [0.717, 1.165) is 19.6 Å². The minimum absolute atomic E-state index is 0.126. The number of piperazine rings is 1. The lowest BCUT2D eigenvalue weighted by molar-refractivity contribution is -0.137. The first-order chi connectivity index (χ1) is 10.1. The van der Waals surface area contributed by atoms with Crippen LogP contribution in [0.15, 0.2) is 6.20 Å². The molecule has 0 unspecified atom stereocenters. The third kappa shape index (κ3) is 4.42. The van der Waals surface area contributed by atoms with Crippen LogP contribution in [-0.4, -0.2) is 74.6 Å². The Labute approximate surface area is 122 Å². The second-order valence-corrected chi connectivity index (χ2v) is 4.88. The van der Waals surface area contributed by atoms with Crippen molar-refractivity contribution in [2.45, 2.75) is 20.0 Å². The molecule has 2 rings (SSSR count). The zero-order valence-corrected chi connectivity index (χ0v) is 12.0. The molecule has 0 atom stereocenters. The van der Waals surface area contributed by atoms with Gasteiger partial charge in [0.2, 0.25) is 0 Å². The van der Waals surface area contributed by atoms with Gasteiger partial charge in [0.1, 0.15) is 12.2 Å². The van der Waals surface area contributed by atoms with Crippen molar-refractivity contribution in [3.8, 4) is 0 Å². The Morgan fingerprint density at radius 3 is 2.67 bits per heavy atom. The number of carbonyl (C=O) groups excluding carboxylic acids is 1. The summed E-state index contributed by atoms with van der Waals surface area (Å²) in [5.41, 5.74) is 0.539. The number of aliphatic carboxylic acids is 1. The minimum atomic E-state index is -0.982. The zero-order valence-electron chi connectivity index (χ0n) is 12.0. The lowest BCUT2D eigenvalue weighted by Crippen LogP contribution is -2.51. The summed E-state index contributed by atoms with van der Waals surface area (Å²) in [4.78, 5) is 26.6. The van der Waals surface area contributed by atoms with Gasteiger partial charge in [0.05, 0.1) is 12.7 Å². The lowest BCUT2D eigenvalue weighted by Gasteiger charge is -2.33. The fraction of sp³-hybridized carbons (Fsp3) is 0.667. The average Bonchev–Trinajstić information content (AvgIpc) is 2.91. The number of likely N-dealkylation sites (N-methyl/N-ethyl adjacent to an activating group) is 1. The third-order valence-electron chi connectivity index (χ3n) is 3.41. The number of hydrogen-bond acceptors (Lipinski definition) is 5. The van der Waals surface area contributed by atoms with Crippen LogP contribution in [0.25, 0.3) is 0 Å². The van der Waals surface area contributed by atoms with Crippen molar-refractivity contribution in [1.29, 1.82) is 0 Å². The third-order valence-corrected chi connectivity index (χ3v) is 3.41. The van der Waals surface area contributed by atoms with E-state index in [1.54, 1.807) is 4.90 Å². The number of urea groups is 1. The molecule has 1 aromatic heterocycles.